The molecule has 5 heteroatoms. The lowest BCUT2D eigenvalue weighted by Crippen LogP contribution is -2.02. The van der Waals surface area contributed by atoms with Gasteiger partial charge in [-0.05, 0) is 18.2 Å². The summed E-state index contributed by atoms with van der Waals surface area (Å²) in [6, 6.07) is 4.73. The number of anilines is 1. The predicted octanol–water partition coefficient (Wildman–Crippen LogP) is 1.51. The minimum Gasteiger partial charge on any atom is -0.396 e. The van der Waals surface area contributed by atoms with Gasteiger partial charge in [-0.2, -0.15) is 0 Å². The van der Waals surface area contributed by atoms with Gasteiger partial charge in [0.15, 0.2) is 0 Å². The predicted molar refractivity (Wildman–Crippen MR) is 59.4 cm³/mol. The van der Waals surface area contributed by atoms with Gasteiger partial charge in [-0.15, -0.1) is 11.8 Å². The van der Waals surface area contributed by atoms with Crippen LogP contribution in [0.3, 0.4) is 0 Å². The van der Waals surface area contributed by atoms with Gasteiger partial charge in [-0.3, -0.25) is 0 Å². The van der Waals surface area contributed by atoms with E-state index in [4.69, 9.17) is 15.6 Å². The summed E-state index contributed by atoms with van der Waals surface area (Å²) in [7, 11) is 0. The fraction of sp³-hybridized carbons (Fsp3) is 0.400. The Morgan fingerprint density at radius 3 is 2.87 bits per heavy atom. The smallest absolute Gasteiger partial charge is 0.147 e. The van der Waals surface area contributed by atoms with Crippen molar-refractivity contribution in [2.24, 2.45) is 0 Å². The van der Waals surface area contributed by atoms with E-state index < -0.39 is 5.82 Å². The fourth-order valence-electron chi connectivity index (χ4n) is 0.983. The molecular weight excluding hydrogens is 217 g/mol. The van der Waals surface area contributed by atoms with E-state index in [1.54, 1.807) is 12.1 Å². The Morgan fingerprint density at radius 2 is 2.20 bits per heavy atom. The molecule has 0 unspecified atom stereocenters. The van der Waals surface area contributed by atoms with Crippen LogP contribution in [0.1, 0.15) is 0 Å². The minimum atomic E-state index is -0.392. The zero-order chi connectivity index (χ0) is 11.1. The van der Waals surface area contributed by atoms with E-state index in [0.29, 0.717) is 13.2 Å². The van der Waals surface area contributed by atoms with Crippen molar-refractivity contribution >= 4 is 17.4 Å². The van der Waals surface area contributed by atoms with Gasteiger partial charge in [0.2, 0.25) is 0 Å². The molecule has 1 aromatic carbocycles. The molecule has 0 fully saturated rings. The van der Waals surface area contributed by atoms with E-state index in [1.807, 2.05) is 0 Å². The molecule has 0 aliphatic carbocycles. The van der Waals surface area contributed by atoms with E-state index in [-0.39, 0.29) is 12.3 Å². The van der Waals surface area contributed by atoms with E-state index >= 15 is 0 Å². The number of benzene rings is 1. The second-order valence-corrected chi connectivity index (χ2v) is 4.04. The number of halogens is 1. The highest BCUT2D eigenvalue weighted by Crippen LogP contribution is 2.21. The highest BCUT2D eigenvalue weighted by molar-refractivity contribution is 7.99. The van der Waals surface area contributed by atoms with Gasteiger partial charge in [0.1, 0.15) is 5.82 Å². The number of nitrogens with two attached hydrogens (primary N) is 1. The molecule has 0 aromatic heterocycles. The van der Waals surface area contributed by atoms with Crippen molar-refractivity contribution in [3.63, 3.8) is 0 Å². The van der Waals surface area contributed by atoms with Crippen molar-refractivity contribution in [3.8, 4) is 0 Å². The SMILES string of the molecule is Nc1ccc(SCCOCCO)cc1F. The molecule has 84 valence electrons. The summed E-state index contributed by atoms with van der Waals surface area (Å²) < 4.78 is 18.1. The number of aliphatic hydroxyl groups is 1. The van der Waals surface area contributed by atoms with Gasteiger partial charge >= 0.3 is 0 Å². The maximum Gasteiger partial charge on any atom is 0.147 e. The van der Waals surface area contributed by atoms with Gasteiger partial charge < -0.3 is 15.6 Å². The van der Waals surface area contributed by atoms with Crippen LogP contribution in [0.4, 0.5) is 10.1 Å². The molecule has 0 spiro atoms. The Hall–Kier alpha value is -0.780. The summed E-state index contributed by atoms with van der Waals surface area (Å²) in [6.07, 6.45) is 0. The summed E-state index contributed by atoms with van der Waals surface area (Å²) in [4.78, 5) is 0.828. The third-order valence-corrected chi connectivity index (χ3v) is 2.66. The van der Waals surface area contributed by atoms with Gasteiger partial charge in [0, 0.05) is 10.6 Å². The van der Waals surface area contributed by atoms with E-state index in [2.05, 4.69) is 0 Å². The molecule has 3 N–H and O–H groups in total. The normalized spacial score (nSPS) is 10.5. The number of ether oxygens (including phenoxy) is 1. The minimum absolute atomic E-state index is 0.0289. The van der Waals surface area contributed by atoms with Crippen LogP contribution in [-0.4, -0.2) is 30.7 Å². The number of hydrogen-bond acceptors (Lipinski definition) is 4. The van der Waals surface area contributed by atoms with Crippen LogP contribution in [0.2, 0.25) is 0 Å². The maximum atomic E-state index is 13.0. The van der Waals surface area contributed by atoms with E-state index in [1.165, 1.54) is 17.8 Å². The van der Waals surface area contributed by atoms with Crippen molar-refractivity contribution in [2.45, 2.75) is 4.90 Å². The first kappa shape index (κ1) is 12.3. The van der Waals surface area contributed by atoms with Crippen molar-refractivity contribution in [2.75, 3.05) is 31.3 Å². The molecular formula is C10H14FNO2S. The Kier molecular flexibility index (Phi) is 5.45. The number of rotatable bonds is 6. The van der Waals surface area contributed by atoms with E-state index in [9.17, 15) is 4.39 Å². The first-order valence-corrected chi connectivity index (χ1v) is 5.59. The van der Waals surface area contributed by atoms with Crippen molar-refractivity contribution in [1.82, 2.24) is 0 Å². The Labute approximate surface area is 92.4 Å². The number of thioether (sulfide) groups is 1. The third kappa shape index (κ3) is 4.51. The summed E-state index contributed by atoms with van der Waals surface area (Å²) in [5, 5.41) is 8.45. The lowest BCUT2D eigenvalue weighted by molar-refractivity contribution is 0.103. The largest absolute Gasteiger partial charge is 0.396 e. The molecule has 0 radical (unpaired) electrons. The third-order valence-electron chi connectivity index (χ3n) is 1.70. The molecule has 0 aliphatic heterocycles. The average molecular weight is 231 g/mol. The van der Waals surface area contributed by atoms with Gasteiger partial charge in [0.25, 0.3) is 0 Å². The molecule has 15 heavy (non-hydrogen) atoms. The second-order valence-electron chi connectivity index (χ2n) is 2.87. The monoisotopic (exact) mass is 231 g/mol. The summed E-state index contributed by atoms with van der Waals surface area (Å²) in [6.45, 7) is 0.912. The van der Waals surface area contributed by atoms with Crippen LogP contribution in [0.5, 0.6) is 0 Å². The first-order chi connectivity index (χ1) is 7.24. The molecule has 1 rings (SSSR count). The molecule has 0 saturated carbocycles. The molecule has 0 amide bonds. The lowest BCUT2D eigenvalue weighted by Gasteiger charge is -2.03. The van der Waals surface area contributed by atoms with Crippen molar-refractivity contribution in [3.05, 3.63) is 24.0 Å². The van der Waals surface area contributed by atoms with Gasteiger partial charge in [-0.1, -0.05) is 0 Å². The highest BCUT2D eigenvalue weighted by atomic mass is 32.2. The summed E-state index contributed by atoms with van der Waals surface area (Å²) in [5.41, 5.74) is 5.51. The topological polar surface area (TPSA) is 55.5 Å². The molecule has 3 nitrogen and oxygen atoms in total. The molecule has 0 atom stereocenters. The molecule has 0 bridgehead atoms. The number of nitrogen functional groups attached to an aromatic ring is 1. The van der Waals surface area contributed by atoms with Crippen molar-refractivity contribution in [1.29, 1.82) is 0 Å². The van der Waals surface area contributed by atoms with Gasteiger partial charge in [-0.25, -0.2) is 4.39 Å². The van der Waals surface area contributed by atoms with Crippen LogP contribution < -0.4 is 5.73 Å². The molecule has 0 aliphatic rings. The zero-order valence-corrected chi connectivity index (χ0v) is 9.10. The highest BCUT2D eigenvalue weighted by Gasteiger charge is 2.00. The first-order valence-electron chi connectivity index (χ1n) is 4.60. The molecule has 1 aromatic rings. The number of aliphatic hydroxyl groups excluding tert-OH is 1. The lowest BCUT2D eigenvalue weighted by atomic mass is 10.3. The van der Waals surface area contributed by atoms with Gasteiger partial charge in [0.05, 0.1) is 25.5 Å². The van der Waals surface area contributed by atoms with Crippen LogP contribution >= 0.6 is 11.8 Å². The van der Waals surface area contributed by atoms with E-state index in [0.717, 1.165) is 10.6 Å². The Balaban J connectivity index is 2.28. The number of hydrogen-bond donors (Lipinski definition) is 2. The van der Waals surface area contributed by atoms with Crippen LogP contribution in [0.25, 0.3) is 0 Å². The second kappa shape index (κ2) is 6.66. The van der Waals surface area contributed by atoms with Crippen molar-refractivity contribution < 1.29 is 14.2 Å². The summed E-state index contributed by atoms with van der Waals surface area (Å²) in [5.74, 6) is 0.333. The standard InChI is InChI=1S/C10H14FNO2S/c11-9-7-8(1-2-10(9)12)15-6-5-14-4-3-13/h1-2,7,13H,3-6,12H2. The fourth-order valence-corrected chi connectivity index (χ4v) is 1.77. The zero-order valence-electron chi connectivity index (χ0n) is 8.28. The Bertz CT molecular complexity index is 309. The van der Waals surface area contributed by atoms with Crippen LogP contribution in [0.15, 0.2) is 23.1 Å². The summed E-state index contributed by atoms with van der Waals surface area (Å²) >= 11 is 1.49. The average Bonchev–Trinajstić information content (AvgIpc) is 2.23. The molecule has 0 heterocycles. The van der Waals surface area contributed by atoms with Crippen LogP contribution in [-0.2, 0) is 4.74 Å². The van der Waals surface area contributed by atoms with Crippen LogP contribution in [0, 0.1) is 5.82 Å². The quantitative estimate of drug-likeness (QED) is 0.442. The maximum absolute atomic E-state index is 13.0. The Morgan fingerprint density at radius 1 is 1.40 bits per heavy atom. The molecule has 0 saturated heterocycles.